The minimum absolute atomic E-state index is 0.0205. The van der Waals surface area contributed by atoms with Crippen molar-refractivity contribution >= 4 is 33.1 Å². The molecule has 0 aliphatic carbocycles. The first-order chi connectivity index (χ1) is 12.7. The monoisotopic (exact) mass is 411 g/mol. The Morgan fingerprint density at radius 1 is 1.15 bits per heavy atom. The van der Waals surface area contributed by atoms with Crippen molar-refractivity contribution in [3.8, 4) is 0 Å². The highest BCUT2D eigenvalue weighted by molar-refractivity contribution is 7.89. The van der Waals surface area contributed by atoms with Crippen LogP contribution in [0.2, 0.25) is 0 Å². The van der Waals surface area contributed by atoms with E-state index in [1.165, 1.54) is 42.7 Å². The lowest BCUT2D eigenvalue weighted by Gasteiger charge is -2.13. The van der Waals surface area contributed by atoms with Gasteiger partial charge in [-0.05, 0) is 50.2 Å². The maximum Gasteiger partial charge on any atom is 0.338 e. The van der Waals surface area contributed by atoms with E-state index in [4.69, 9.17) is 9.47 Å². The molecule has 0 bridgehead atoms. The topological polar surface area (TPSA) is 98.8 Å². The Labute approximate surface area is 162 Å². The van der Waals surface area contributed by atoms with Gasteiger partial charge in [-0.25, -0.2) is 17.9 Å². The molecule has 0 aliphatic rings. The molecule has 0 saturated heterocycles. The number of thiophene rings is 1. The Kier molecular flexibility index (Phi) is 7.25. The second-order valence-corrected chi connectivity index (χ2v) is 8.91. The van der Waals surface area contributed by atoms with Crippen molar-refractivity contribution in [2.24, 2.45) is 0 Å². The van der Waals surface area contributed by atoms with Crippen LogP contribution in [-0.4, -0.2) is 46.5 Å². The third kappa shape index (κ3) is 5.96. The highest BCUT2D eigenvalue weighted by Crippen LogP contribution is 2.16. The molecule has 7 nitrogen and oxygen atoms in total. The van der Waals surface area contributed by atoms with Gasteiger partial charge in [0.2, 0.25) is 15.8 Å². The largest absolute Gasteiger partial charge is 0.454 e. The molecule has 0 fully saturated rings. The summed E-state index contributed by atoms with van der Waals surface area (Å²) in [5.41, 5.74) is 0.161. The molecule has 9 heteroatoms. The summed E-state index contributed by atoms with van der Waals surface area (Å²) >= 11 is 1.33. The van der Waals surface area contributed by atoms with Gasteiger partial charge in [0.15, 0.2) is 6.61 Å². The van der Waals surface area contributed by atoms with Crippen LogP contribution in [0.5, 0.6) is 0 Å². The molecule has 0 radical (unpaired) electrons. The van der Waals surface area contributed by atoms with Gasteiger partial charge in [-0.3, -0.25) is 4.79 Å². The highest BCUT2D eigenvalue weighted by atomic mass is 32.2. The molecule has 0 spiro atoms. The number of sulfonamides is 1. The van der Waals surface area contributed by atoms with Crippen LogP contribution in [-0.2, 0) is 19.5 Å². The SMILES string of the molecule is COC[C@H](C)NS(=O)(=O)c1ccc(C(=O)OCC(=O)c2ccc(C)s2)cc1. The van der Waals surface area contributed by atoms with Crippen molar-refractivity contribution in [3.63, 3.8) is 0 Å². The molecule has 0 amide bonds. The third-order valence-corrected chi connectivity index (χ3v) is 6.17. The lowest BCUT2D eigenvalue weighted by Crippen LogP contribution is -2.35. The summed E-state index contributed by atoms with van der Waals surface area (Å²) in [7, 11) is -2.24. The van der Waals surface area contributed by atoms with Gasteiger partial charge in [-0.1, -0.05) is 0 Å². The van der Waals surface area contributed by atoms with Gasteiger partial charge in [-0.15, -0.1) is 11.3 Å². The second kappa shape index (κ2) is 9.23. The van der Waals surface area contributed by atoms with E-state index < -0.39 is 22.0 Å². The maximum atomic E-state index is 12.2. The number of ether oxygens (including phenoxy) is 2. The molecule has 0 aliphatic heterocycles. The minimum atomic E-state index is -3.72. The van der Waals surface area contributed by atoms with Crippen molar-refractivity contribution in [1.82, 2.24) is 4.72 Å². The van der Waals surface area contributed by atoms with Gasteiger partial charge in [0.1, 0.15) is 0 Å². The average Bonchev–Trinajstić information content (AvgIpc) is 3.05. The van der Waals surface area contributed by atoms with Crippen LogP contribution in [0.4, 0.5) is 0 Å². The number of nitrogens with one attached hydrogen (secondary N) is 1. The molecule has 1 aromatic heterocycles. The predicted octanol–water partition coefficient (Wildman–Crippen LogP) is 2.41. The van der Waals surface area contributed by atoms with Crippen LogP contribution < -0.4 is 4.72 Å². The Hall–Kier alpha value is -2.07. The second-order valence-electron chi connectivity index (χ2n) is 5.91. The summed E-state index contributed by atoms with van der Waals surface area (Å²) in [5, 5.41) is 0. The third-order valence-electron chi connectivity index (χ3n) is 3.52. The zero-order chi connectivity index (χ0) is 20.0. The van der Waals surface area contributed by atoms with Crippen LogP contribution in [0.3, 0.4) is 0 Å². The molecule has 1 heterocycles. The highest BCUT2D eigenvalue weighted by Gasteiger charge is 2.19. The summed E-state index contributed by atoms with van der Waals surface area (Å²) in [6.45, 7) is 3.43. The van der Waals surface area contributed by atoms with Crippen LogP contribution in [0.25, 0.3) is 0 Å². The summed E-state index contributed by atoms with van der Waals surface area (Å²) < 4.78 is 36.9. The Morgan fingerprint density at radius 2 is 1.81 bits per heavy atom. The summed E-state index contributed by atoms with van der Waals surface area (Å²) in [4.78, 5) is 25.6. The number of benzene rings is 1. The van der Waals surface area contributed by atoms with Gasteiger partial charge in [-0.2, -0.15) is 0 Å². The summed E-state index contributed by atoms with van der Waals surface area (Å²) in [5.74, 6) is -0.974. The fourth-order valence-electron chi connectivity index (χ4n) is 2.26. The maximum absolute atomic E-state index is 12.2. The molecule has 1 N–H and O–H groups in total. The van der Waals surface area contributed by atoms with E-state index >= 15 is 0 Å². The quantitative estimate of drug-likeness (QED) is 0.503. The molecular formula is C18H21NO6S2. The normalized spacial score (nSPS) is 12.6. The van der Waals surface area contributed by atoms with Crippen LogP contribution in [0, 0.1) is 6.92 Å². The Morgan fingerprint density at radius 3 is 2.37 bits per heavy atom. The van der Waals surface area contributed by atoms with Crippen molar-refractivity contribution in [2.75, 3.05) is 20.3 Å². The molecule has 1 aromatic carbocycles. The standard InChI is InChI=1S/C18H21NO6S2/c1-12(10-24-3)19-27(22,23)15-7-5-14(6-8-15)18(21)25-11-16(20)17-9-4-13(2)26-17/h4-9,12,19H,10-11H2,1-3H3/t12-/m0/s1. The van der Waals surface area contributed by atoms with Crippen LogP contribution in [0.1, 0.15) is 31.8 Å². The van der Waals surface area contributed by atoms with E-state index in [1.807, 2.05) is 13.0 Å². The zero-order valence-corrected chi connectivity index (χ0v) is 16.9. The van der Waals surface area contributed by atoms with Crippen molar-refractivity contribution in [3.05, 3.63) is 51.7 Å². The number of aryl methyl sites for hydroxylation is 1. The fraction of sp³-hybridized carbons (Fsp3) is 0.333. The fourth-order valence-corrected chi connectivity index (χ4v) is 4.28. The smallest absolute Gasteiger partial charge is 0.338 e. The van der Waals surface area contributed by atoms with Crippen molar-refractivity contribution in [1.29, 1.82) is 0 Å². The van der Waals surface area contributed by atoms with Crippen molar-refractivity contribution < 1.29 is 27.5 Å². The number of rotatable bonds is 9. The van der Waals surface area contributed by atoms with E-state index in [9.17, 15) is 18.0 Å². The molecule has 2 aromatic rings. The molecular weight excluding hydrogens is 390 g/mol. The van der Waals surface area contributed by atoms with E-state index in [2.05, 4.69) is 4.72 Å². The summed E-state index contributed by atoms with van der Waals surface area (Å²) in [6, 6.07) is 8.42. The van der Waals surface area contributed by atoms with Gasteiger partial charge >= 0.3 is 5.97 Å². The van der Waals surface area contributed by atoms with Gasteiger partial charge in [0.25, 0.3) is 0 Å². The lowest BCUT2D eigenvalue weighted by molar-refractivity contribution is 0.0475. The molecule has 146 valence electrons. The summed E-state index contributed by atoms with van der Waals surface area (Å²) in [6.07, 6.45) is 0. The molecule has 0 saturated carbocycles. The van der Waals surface area contributed by atoms with Gasteiger partial charge < -0.3 is 9.47 Å². The first-order valence-electron chi connectivity index (χ1n) is 8.11. The molecule has 27 heavy (non-hydrogen) atoms. The average molecular weight is 412 g/mol. The number of methoxy groups -OCH3 is 1. The number of Topliss-reactive ketones (excluding diaryl/α,β-unsaturated/α-hetero) is 1. The van der Waals surface area contributed by atoms with Gasteiger partial charge in [0, 0.05) is 18.0 Å². The van der Waals surface area contributed by atoms with Gasteiger partial charge in [0.05, 0.1) is 21.9 Å². The number of hydrogen-bond acceptors (Lipinski definition) is 7. The van der Waals surface area contributed by atoms with E-state index in [0.717, 1.165) is 4.88 Å². The molecule has 1 atom stereocenters. The number of esters is 1. The number of hydrogen-bond donors (Lipinski definition) is 1. The Bertz CT molecular complexity index is 902. The van der Waals surface area contributed by atoms with Crippen LogP contribution >= 0.6 is 11.3 Å². The first kappa shape index (κ1) is 21.2. The zero-order valence-electron chi connectivity index (χ0n) is 15.2. The first-order valence-corrected chi connectivity index (χ1v) is 10.4. The van der Waals surface area contributed by atoms with Crippen LogP contribution in [0.15, 0.2) is 41.3 Å². The Balaban J connectivity index is 1.97. The van der Waals surface area contributed by atoms with Crippen molar-refractivity contribution in [2.45, 2.75) is 24.8 Å². The van der Waals surface area contributed by atoms with E-state index in [1.54, 1.807) is 13.0 Å². The number of ketones is 1. The predicted molar refractivity (Wildman–Crippen MR) is 102 cm³/mol. The minimum Gasteiger partial charge on any atom is -0.454 e. The molecule has 0 unspecified atom stereocenters. The van der Waals surface area contributed by atoms with E-state index in [0.29, 0.717) is 4.88 Å². The van der Waals surface area contributed by atoms with E-state index in [-0.39, 0.29) is 29.5 Å². The number of carbonyl (C=O) groups is 2. The lowest BCUT2D eigenvalue weighted by atomic mass is 10.2. The molecule has 2 rings (SSSR count). The number of carbonyl (C=O) groups excluding carboxylic acids is 2.